The molecular formula is C14H29NO5. The third-order valence-corrected chi connectivity index (χ3v) is 3.44. The molecule has 0 fully saturated rings. The second-order valence-electron chi connectivity index (χ2n) is 4.55. The molecule has 0 rings (SSSR count). The highest BCUT2D eigenvalue weighted by atomic mass is 16.6. The maximum atomic E-state index is 12.0. The number of hydrogen-bond acceptors (Lipinski definition) is 6. The number of esters is 1. The summed E-state index contributed by atoms with van der Waals surface area (Å²) in [6, 6.07) is 0. The fraction of sp³-hybridized carbons (Fsp3) is 0.929. The van der Waals surface area contributed by atoms with Crippen molar-refractivity contribution in [1.82, 2.24) is 0 Å². The SMILES string of the molecule is CCC(CC)(CN)C(=O)OCCOCCOCCOC. The zero-order valence-electron chi connectivity index (χ0n) is 13.0. The Labute approximate surface area is 121 Å². The maximum Gasteiger partial charge on any atom is 0.313 e. The van der Waals surface area contributed by atoms with Crippen molar-refractivity contribution in [2.24, 2.45) is 11.1 Å². The molecule has 6 heteroatoms. The van der Waals surface area contributed by atoms with Crippen molar-refractivity contribution in [3.63, 3.8) is 0 Å². The number of nitrogens with two attached hydrogens (primary N) is 1. The number of ether oxygens (including phenoxy) is 4. The van der Waals surface area contributed by atoms with Crippen LogP contribution in [0, 0.1) is 5.41 Å². The molecule has 0 aromatic carbocycles. The zero-order chi connectivity index (χ0) is 15.3. The predicted molar refractivity (Wildman–Crippen MR) is 76.5 cm³/mol. The van der Waals surface area contributed by atoms with E-state index in [1.165, 1.54) is 0 Å². The lowest BCUT2D eigenvalue weighted by atomic mass is 9.82. The van der Waals surface area contributed by atoms with Gasteiger partial charge in [0.25, 0.3) is 0 Å². The van der Waals surface area contributed by atoms with E-state index in [0.717, 1.165) is 0 Å². The Morgan fingerprint density at radius 1 is 0.950 bits per heavy atom. The summed E-state index contributed by atoms with van der Waals surface area (Å²) in [7, 11) is 1.63. The Kier molecular flexibility index (Phi) is 11.7. The van der Waals surface area contributed by atoms with Crippen LogP contribution in [-0.2, 0) is 23.7 Å². The van der Waals surface area contributed by atoms with Crippen LogP contribution in [0.1, 0.15) is 26.7 Å². The minimum Gasteiger partial charge on any atom is -0.463 e. The van der Waals surface area contributed by atoms with Crippen LogP contribution in [0.3, 0.4) is 0 Å². The standard InChI is InChI=1S/C14H29NO5/c1-4-14(5-2,12-15)13(16)20-11-10-19-9-8-18-7-6-17-3/h4-12,15H2,1-3H3. The smallest absolute Gasteiger partial charge is 0.313 e. The van der Waals surface area contributed by atoms with Crippen molar-refractivity contribution in [3.8, 4) is 0 Å². The Hall–Kier alpha value is -0.690. The van der Waals surface area contributed by atoms with Crippen molar-refractivity contribution in [2.75, 3.05) is 53.3 Å². The van der Waals surface area contributed by atoms with Crippen LogP contribution >= 0.6 is 0 Å². The summed E-state index contributed by atoms with van der Waals surface area (Å²) in [5, 5.41) is 0. The summed E-state index contributed by atoms with van der Waals surface area (Å²) in [6.07, 6.45) is 1.38. The molecule has 0 radical (unpaired) electrons. The highest BCUT2D eigenvalue weighted by molar-refractivity contribution is 5.77. The molecule has 0 unspecified atom stereocenters. The number of carbonyl (C=O) groups excluding carboxylic acids is 1. The van der Waals surface area contributed by atoms with Gasteiger partial charge in [-0.3, -0.25) is 4.79 Å². The van der Waals surface area contributed by atoms with Gasteiger partial charge in [-0.05, 0) is 12.8 Å². The molecule has 0 bridgehead atoms. The highest BCUT2D eigenvalue weighted by Gasteiger charge is 2.34. The Morgan fingerprint density at radius 3 is 1.90 bits per heavy atom. The van der Waals surface area contributed by atoms with Crippen molar-refractivity contribution in [2.45, 2.75) is 26.7 Å². The molecule has 0 aromatic heterocycles. The van der Waals surface area contributed by atoms with E-state index < -0.39 is 5.41 Å². The van der Waals surface area contributed by atoms with Crippen LogP contribution in [-0.4, -0.2) is 59.3 Å². The summed E-state index contributed by atoms with van der Waals surface area (Å²) >= 11 is 0. The van der Waals surface area contributed by atoms with Gasteiger partial charge in [0, 0.05) is 13.7 Å². The van der Waals surface area contributed by atoms with Gasteiger partial charge in [-0.1, -0.05) is 13.8 Å². The van der Waals surface area contributed by atoms with Crippen LogP contribution in [0.15, 0.2) is 0 Å². The average molecular weight is 291 g/mol. The van der Waals surface area contributed by atoms with Crippen LogP contribution in [0.25, 0.3) is 0 Å². The van der Waals surface area contributed by atoms with Crippen LogP contribution < -0.4 is 5.73 Å². The summed E-state index contributed by atoms with van der Waals surface area (Å²) in [6.45, 7) is 6.95. The molecule has 0 aliphatic heterocycles. The first kappa shape index (κ1) is 19.3. The van der Waals surface area contributed by atoms with Gasteiger partial charge in [-0.25, -0.2) is 0 Å². The van der Waals surface area contributed by atoms with Gasteiger partial charge in [-0.15, -0.1) is 0 Å². The van der Waals surface area contributed by atoms with E-state index in [2.05, 4.69) is 0 Å². The van der Waals surface area contributed by atoms with Gasteiger partial charge in [0.1, 0.15) is 6.61 Å². The quantitative estimate of drug-likeness (QED) is 0.402. The molecule has 0 heterocycles. The monoisotopic (exact) mass is 291 g/mol. The van der Waals surface area contributed by atoms with E-state index >= 15 is 0 Å². The van der Waals surface area contributed by atoms with E-state index in [0.29, 0.717) is 52.4 Å². The van der Waals surface area contributed by atoms with Crippen molar-refractivity contribution in [3.05, 3.63) is 0 Å². The van der Waals surface area contributed by atoms with Crippen molar-refractivity contribution in [1.29, 1.82) is 0 Å². The topological polar surface area (TPSA) is 80.0 Å². The Bertz CT molecular complexity index is 235. The summed E-state index contributed by atoms with van der Waals surface area (Å²) < 4.78 is 20.6. The molecule has 20 heavy (non-hydrogen) atoms. The van der Waals surface area contributed by atoms with Crippen molar-refractivity contribution < 1.29 is 23.7 Å². The summed E-state index contributed by atoms with van der Waals surface area (Å²) in [4.78, 5) is 12.0. The normalized spacial score (nSPS) is 11.6. The fourth-order valence-electron chi connectivity index (χ4n) is 1.72. The highest BCUT2D eigenvalue weighted by Crippen LogP contribution is 2.26. The Morgan fingerprint density at radius 2 is 1.45 bits per heavy atom. The molecule has 0 spiro atoms. The van der Waals surface area contributed by atoms with Crippen LogP contribution in [0.2, 0.25) is 0 Å². The summed E-state index contributed by atoms with van der Waals surface area (Å²) in [5.74, 6) is -0.232. The van der Waals surface area contributed by atoms with Crippen LogP contribution in [0.5, 0.6) is 0 Å². The van der Waals surface area contributed by atoms with Gasteiger partial charge >= 0.3 is 5.97 Å². The van der Waals surface area contributed by atoms with E-state index in [1.54, 1.807) is 7.11 Å². The molecule has 0 aromatic rings. The summed E-state index contributed by atoms with van der Waals surface area (Å²) in [5.41, 5.74) is 5.13. The number of rotatable bonds is 13. The molecule has 0 aliphatic carbocycles. The molecule has 6 nitrogen and oxygen atoms in total. The largest absolute Gasteiger partial charge is 0.463 e. The predicted octanol–water partition coefficient (Wildman–Crippen LogP) is 0.974. The molecule has 2 N–H and O–H groups in total. The van der Waals surface area contributed by atoms with Gasteiger partial charge in [0.2, 0.25) is 0 Å². The number of methoxy groups -OCH3 is 1. The van der Waals surface area contributed by atoms with Gasteiger partial charge in [0.05, 0.1) is 38.4 Å². The van der Waals surface area contributed by atoms with E-state index in [4.69, 9.17) is 24.7 Å². The molecular weight excluding hydrogens is 262 g/mol. The third kappa shape index (κ3) is 7.19. The minimum absolute atomic E-state index is 0.232. The molecule has 0 saturated heterocycles. The van der Waals surface area contributed by atoms with Gasteiger partial charge in [0.15, 0.2) is 0 Å². The lowest BCUT2D eigenvalue weighted by Crippen LogP contribution is -2.39. The fourth-order valence-corrected chi connectivity index (χ4v) is 1.72. The first-order chi connectivity index (χ1) is 9.66. The van der Waals surface area contributed by atoms with E-state index in [-0.39, 0.29) is 12.6 Å². The third-order valence-electron chi connectivity index (χ3n) is 3.44. The van der Waals surface area contributed by atoms with Crippen molar-refractivity contribution >= 4 is 5.97 Å². The molecule has 0 atom stereocenters. The van der Waals surface area contributed by atoms with Crippen LogP contribution in [0.4, 0.5) is 0 Å². The van der Waals surface area contributed by atoms with E-state index in [1.807, 2.05) is 13.8 Å². The average Bonchev–Trinajstić information content (AvgIpc) is 2.48. The minimum atomic E-state index is -0.552. The molecule has 0 amide bonds. The van der Waals surface area contributed by atoms with Gasteiger partial charge < -0.3 is 24.7 Å². The second kappa shape index (κ2) is 12.1. The second-order valence-corrected chi connectivity index (χ2v) is 4.55. The molecule has 0 saturated carbocycles. The molecule has 120 valence electrons. The Balaban J connectivity index is 3.61. The number of carbonyl (C=O) groups is 1. The van der Waals surface area contributed by atoms with Gasteiger partial charge in [-0.2, -0.15) is 0 Å². The first-order valence-corrected chi connectivity index (χ1v) is 7.18. The van der Waals surface area contributed by atoms with E-state index in [9.17, 15) is 4.79 Å². The lowest BCUT2D eigenvalue weighted by molar-refractivity contribution is -0.157. The molecule has 0 aliphatic rings. The number of hydrogen-bond donors (Lipinski definition) is 1. The lowest BCUT2D eigenvalue weighted by Gasteiger charge is -2.27. The maximum absolute atomic E-state index is 12.0. The first-order valence-electron chi connectivity index (χ1n) is 7.18. The zero-order valence-corrected chi connectivity index (χ0v) is 13.0.